The predicted molar refractivity (Wildman–Crippen MR) is 102 cm³/mol. The first kappa shape index (κ1) is 27.7. The normalized spacial score (nSPS) is 14.7. The second-order valence-corrected chi connectivity index (χ2v) is 11.5. The molecule has 0 aliphatic heterocycles. The molecule has 0 aliphatic rings. The molecule has 0 atom stereocenters. The Morgan fingerprint density at radius 1 is 0.710 bits per heavy atom. The highest BCUT2D eigenvalue weighted by Crippen LogP contribution is 2.53. The zero-order valence-corrected chi connectivity index (χ0v) is 19.2. The van der Waals surface area contributed by atoms with Gasteiger partial charge in [-0.15, -0.1) is 0 Å². The van der Waals surface area contributed by atoms with Gasteiger partial charge >= 0.3 is 26.5 Å². The van der Waals surface area contributed by atoms with Crippen LogP contribution in [0.3, 0.4) is 0 Å². The topological polar surface area (TPSA) is 88.5 Å². The number of hydrogen-bond acceptors (Lipinski definition) is 4. The third-order valence-electron chi connectivity index (χ3n) is 4.74. The minimum absolute atomic E-state index is 0.211. The molecule has 0 fully saturated rings. The number of halogens is 6. The van der Waals surface area contributed by atoms with Gasteiger partial charge in [-0.3, -0.25) is 4.55 Å². The van der Waals surface area contributed by atoms with Crippen LogP contribution in [0.2, 0.25) is 0 Å². The second kappa shape index (κ2) is 8.22. The molecule has 0 spiro atoms. The van der Waals surface area contributed by atoms with E-state index >= 15 is 0 Å². The lowest BCUT2D eigenvalue weighted by atomic mass is 9.89. The molecule has 5 nitrogen and oxygen atoms in total. The summed E-state index contributed by atoms with van der Waals surface area (Å²) >= 11 is 0. The minimum Gasteiger partial charge on any atom is -0.281 e. The molecule has 0 bridgehead atoms. The van der Waals surface area contributed by atoms with Crippen molar-refractivity contribution in [1.82, 2.24) is 0 Å². The highest BCUT2D eigenvalue weighted by Gasteiger charge is 2.82. The van der Waals surface area contributed by atoms with E-state index in [1.807, 2.05) is 0 Å². The first-order chi connectivity index (χ1) is 13.6. The quantitative estimate of drug-likeness (QED) is 0.376. The lowest BCUT2D eigenvalue weighted by molar-refractivity contribution is -0.245. The molecule has 0 saturated carbocycles. The maximum atomic E-state index is 14.6. The van der Waals surface area contributed by atoms with Crippen LogP contribution in [0.1, 0.15) is 76.0 Å². The van der Waals surface area contributed by atoms with E-state index in [9.17, 15) is 43.2 Å². The van der Waals surface area contributed by atoms with Crippen molar-refractivity contribution in [1.29, 1.82) is 0 Å². The van der Waals surface area contributed by atoms with Crippen LogP contribution in [0, 0.1) is 0 Å². The molecule has 1 aromatic rings. The summed E-state index contributed by atoms with van der Waals surface area (Å²) in [7, 11) is -13.7. The van der Waals surface area contributed by atoms with E-state index in [1.165, 1.54) is 39.8 Å². The molecule has 0 radical (unpaired) electrons. The summed E-state index contributed by atoms with van der Waals surface area (Å²) < 4.78 is 140. The van der Waals surface area contributed by atoms with Crippen molar-refractivity contribution in [2.24, 2.45) is 0 Å². The van der Waals surface area contributed by atoms with Gasteiger partial charge in [0.2, 0.25) is 0 Å². The van der Waals surface area contributed by atoms with Gasteiger partial charge in [-0.1, -0.05) is 53.7 Å². The van der Waals surface area contributed by atoms with E-state index in [0.29, 0.717) is 5.56 Å². The molecular weight excluding hydrogens is 474 g/mol. The van der Waals surface area contributed by atoms with Gasteiger partial charge in [-0.2, -0.15) is 34.8 Å². The Balaban J connectivity index is 4.09. The monoisotopic (exact) mass is 498 g/mol. The van der Waals surface area contributed by atoms with E-state index in [2.05, 4.69) is 0 Å². The highest BCUT2D eigenvalue weighted by atomic mass is 32.2. The first-order valence-corrected chi connectivity index (χ1v) is 12.0. The fourth-order valence-electron chi connectivity index (χ4n) is 2.83. The molecule has 31 heavy (non-hydrogen) atoms. The van der Waals surface area contributed by atoms with Crippen molar-refractivity contribution in [3.63, 3.8) is 0 Å². The molecule has 0 aromatic heterocycles. The van der Waals surface area contributed by atoms with Crippen LogP contribution in [-0.2, 0) is 20.0 Å². The van der Waals surface area contributed by atoms with Crippen LogP contribution >= 0.6 is 0 Å². The van der Waals surface area contributed by atoms with Crippen LogP contribution in [0.15, 0.2) is 17.0 Å². The Kier molecular flexibility index (Phi) is 7.34. The van der Waals surface area contributed by atoms with Crippen molar-refractivity contribution < 1.29 is 47.7 Å². The molecule has 0 saturated heterocycles. The van der Waals surface area contributed by atoms with Crippen molar-refractivity contribution in [3.8, 4) is 0 Å². The van der Waals surface area contributed by atoms with Crippen LogP contribution in [-0.4, -0.2) is 37.8 Å². The van der Waals surface area contributed by atoms with Crippen LogP contribution < -0.4 is 0 Å². The van der Waals surface area contributed by atoms with Gasteiger partial charge in [0.15, 0.2) is 0 Å². The molecule has 0 unspecified atom stereocenters. The molecule has 180 valence electrons. The van der Waals surface area contributed by atoms with Crippen LogP contribution in [0.5, 0.6) is 0 Å². The number of sulfone groups is 1. The predicted octanol–water partition coefficient (Wildman–Crippen LogP) is 5.54. The summed E-state index contributed by atoms with van der Waals surface area (Å²) in [4.78, 5) is -1.27. The third kappa shape index (κ3) is 4.32. The van der Waals surface area contributed by atoms with E-state index in [-0.39, 0.29) is 17.0 Å². The van der Waals surface area contributed by atoms with Gasteiger partial charge in [0.05, 0.1) is 4.90 Å². The van der Waals surface area contributed by atoms with Crippen LogP contribution in [0.4, 0.5) is 26.3 Å². The molecule has 1 rings (SSSR count). The second-order valence-electron chi connectivity index (χ2n) is 8.08. The van der Waals surface area contributed by atoms with Crippen molar-refractivity contribution in [3.05, 3.63) is 28.8 Å². The van der Waals surface area contributed by atoms with E-state index in [1.54, 1.807) is 13.8 Å². The molecule has 0 amide bonds. The average molecular weight is 499 g/mol. The molecule has 0 aliphatic carbocycles. The lowest BCUT2D eigenvalue weighted by Gasteiger charge is -2.32. The lowest BCUT2D eigenvalue weighted by Crippen LogP contribution is -2.60. The first-order valence-electron chi connectivity index (χ1n) is 9.08. The number of benzene rings is 1. The summed E-state index contributed by atoms with van der Waals surface area (Å²) in [5, 5.41) is -13.4. The van der Waals surface area contributed by atoms with Gasteiger partial charge < -0.3 is 0 Å². The van der Waals surface area contributed by atoms with E-state index < -0.39 is 53.1 Å². The summed E-state index contributed by atoms with van der Waals surface area (Å²) in [5.74, 6) is -8.79. The zero-order valence-electron chi connectivity index (χ0n) is 17.6. The molecular formula is C18H24F6O5S2. The van der Waals surface area contributed by atoms with Gasteiger partial charge in [-0.25, -0.2) is 8.42 Å². The highest BCUT2D eigenvalue weighted by molar-refractivity contribution is 7.92. The Labute approximate surface area is 177 Å². The largest absolute Gasteiger partial charge is 0.439 e. The zero-order chi connectivity index (χ0) is 25.0. The van der Waals surface area contributed by atoms with Gasteiger partial charge in [0.1, 0.15) is 0 Å². The SMILES string of the molecule is CC(C)c1cc(C(C)C)c(S(=O)(=O)C(F)(F)C(F)(F)C(F)(F)S(=O)(=O)O)c(C(C)C)c1. The van der Waals surface area contributed by atoms with Gasteiger partial charge in [-0.05, 0) is 34.4 Å². The molecule has 13 heteroatoms. The summed E-state index contributed by atoms with van der Waals surface area (Å²) in [6.07, 6.45) is 0. The molecule has 1 aromatic carbocycles. The summed E-state index contributed by atoms with van der Waals surface area (Å²) in [6, 6.07) is 2.42. The van der Waals surface area contributed by atoms with E-state index in [0.717, 1.165) is 0 Å². The Bertz CT molecular complexity index is 1020. The third-order valence-corrected chi connectivity index (χ3v) is 7.59. The number of alkyl halides is 6. The Morgan fingerprint density at radius 3 is 1.32 bits per heavy atom. The minimum atomic E-state index is -7.08. The average Bonchev–Trinajstić information content (AvgIpc) is 2.58. The maximum Gasteiger partial charge on any atom is 0.439 e. The summed E-state index contributed by atoms with van der Waals surface area (Å²) in [6.45, 7) is 9.01. The van der Waals surface area contributed by atoms with Gasteiger partial charge in [0, 0.05) is 0 Å². The van der Waals surface area contributed by atoms with Crippen molar-refractivity contribution >= 4 is 20.0 Å². The van der Waals surface area contributed by atoms with E-state index in [4.69, 9.17) is 4.55 Å². The van der Waals surface area contributed by atoms with Gasteiger partial charge in [0.25, 0.3) is 9.84 Å². The van der Waals surface area contributed by atoms with Crippen molar-refractivity contribution in [2.75, 3.05) is 0 Å². The number of hydrogen-bond donors (Lipinski definition) is 1. The Hall–Kier alpha value is -1.34. The fourth-order valence-corrected chi connectivity index (χ4v) is 5.28. The maximum absolute atomic E-state index is 14.6. The van der Waals surface area contributed by atoms with Crippen LogP contribution in [0.25, 0.3) is 0 Å². The Morgan fingerprint density at radius 2 is 1.06 bits per heavy atom. The summed E-state index contributed by atoms with van der Waals surface area (Å²) in [5.41, 5.74) is -0.106. The molecule has 1 N–H and O–H groups in total. The smallest absolute Gasteiger partial charge is 0.281 e. The molecule has 0 heterocycles. The number of rotatable bonds is 8. The van der Waals surface area contributed by atoms with Crippen molar-refractivity contribution in [2.45, 2.75) is 80.6 Å². The fraction of sp³-hybridized carbons (Fsp3) is 0.667. The standard InChI is InChI=1S/C18H24F6O5S2/c1-9(2)12-7-13(10(3)4)15(14(8-12)11(5)6)30(25,26)17(21,22)16(19,20)18(23,24)31(27,28)29/h7-11H,1-6H3,(H,27,28,29).